The zero-order valence-corrected chi connectivity index (χ0v) is 17.4. The maximum Gasteiger partial charge on any atom is 0.254 e. The highest BCUT2D eigenvalue weighted by molar-refractivity contribution is 5.96. The van der Waals surface area contributed by atoms with Gasteiger partial charge in [-0.05, 0) is 41.8 Å². The van der Waals surface area contributed by atoms with E-state index in [2.05, 4.69) is 5.32 Å². The fourth-order valence-corrected chi connectivity index (χ4v) is 4.18. The van der Waals surface area contributed by atoms with E-state index in [1.54, 1.807) is 17.0 Å². The number of aryl methyl sites for hydroxylation is 1. The van der Waals surface area contributed by atoms with Gasteiger partial charge in [0.2, 0.25) is 5.91 Å². The standard InChI is InChI=1S/C26H25FN2O2/c1-18-7-5-6-10-22(18)26(31)29-16-23(20-8-3-2-4-9-20)24(17-29)25(30)28-15-19-11-13-21(27)14-12-19/h2-14,23-24H,15-17H2,1H3,(H,28,30). The van der Waals surface area contributed by atoms with Crippen LogP contribution in [-0.4, -0.2) is 29.8 Å². The molecule has 0 radical (unpaired) electrons. The third-order valence-electron chi connectivity index (χ3n) is 5.93. The Morgan fingerprint density at radius 1 is 0.935 bits per heavy atom. The van der Waals surface area contributed by atoms with Gasteiger partial charge in [-0.1, -0.05) is 60.7 Å². The highest BCUT2D eigenvalue weighted by Gasteiger charge is 2.40. The summed E-state index contributed by atoms with van der Waals surface area (Å²) in [4.78, 5) is 28.1. The summed E-state index contributed by atoms with van der Waals surface area (Å²) in [7, 11) is 0. The molecule has 2 atom stereocenters. The Balaban J connectivity index is 1.53. The van der Waals surface area contributed by atoms with Crippen molar-refractivity contribution in [2.24, 2.45) is 5.92 Å². The number of hydrogen-bond acceptors (Lipinski definition) is 2. The third kappa shape index (κ3) is 4.66. The third-order valence-corrected chi connectivity index (χ3v) is 5.93. The number of hydrogen-bond donors (Lipinski definition) is 1. The van der Waals surface area contributed by atoms with Crippen LogP contribution in [0.5, 0.6) is 0 Å². The number of nitrogens with one attached hydrogen (secondary N) is 1. The van der Waals surface area contributed by atoms with E-state index in [0.29, 0.717) is 25.2 Å². The molecule has 1 fully saturated rings. The van der Waals surface area contributed by atoms with Gasteiger partial charge in [0.05, 0.1) is 5.92 Å². The molecule has 158 valence electrons. The molecule has 0 saturated carbocycles. The molecule has 5 heteroatoms. The number of carbonyl (C=O) groups is 2. The Bertz CT molecular complexity index is 1070. The number of nitrogens with zero attached hydrogens (tertiary/aromatic N) is 1. The van der Waals surface area contributed by atoms with Crippen LogP contribution in [0.3, 0.4) is 0 Å². The molecule has 1 N–H and O–H groups in total. The first-order valence-corrected chi connectivity index (χ1v) is 10.4. The minimum atomic E-state index is -0.351. The van der Waals surface area contributed by atoms with E-state index in [-0.39, 0.29) is 29.5 Å². The second-order valence-electron chi connectivity index (χ2n) is 7.99. The predicted octanol–water partition coefficient (Wildman–Crippen LogP) is 4.31. The first-order valence-electron chi connectivity index (χ1n) is 10.4. The smallest absolute Gasteiger partial charge is 0.254 e. The topological polar surface area (TPSA) is 49.4 Å². The Morgan fingerprint density at radius 2 is 1.61 bits per heavy atom. The zero-order chi connectivity index (χ0) is 21.8. The molecule has 2 unspecified atom stereocenters. The van der Waals surface area contributed by atoms with Crippen LogP contribution in [0, 0.1) is 18.7 Å². The summed E-state index contributed by atoms with van der Waals surface area (Å²) in [5.41, 5.74) is 3.47. The second kappa shape index (κ2) is 9.13. The summed E-state index contributed by atoms with van der Waals surface area (Å²) in [5.74, 6) is -0.885. The van der Waals surface area contributed by atoms with Gasteiger partial charge in [-0.15, -0.1) is 0 Å². The average Bonchev–Trinajstić information content (AvgIpc) is 3.25. The van der Waals surface area contributed by atoms with Gasteiger partial charge < -0.3 is 10.2 Å². The Labute approximate surface area is 181 Å². The van der Waals surface area contributed by atoms with E-state index >= 15 is 0 Å². The van der Waals surface area contributed by atoms with Gasteiger partial charge in [-0.25, -0.2) is 4.39 Å². The molecular formula is C26H25FN2O2. The molecule has 2 amide bonds. The van der Waals surface area contributed by atoms with Crippen molar-refractivity contribution >= 4 is 11.8 Å². The van der Waals surface area contributed by atoms with Crippen molar-refractivity contribution in [3.05, 3.63) is 107 Å². The average molecular weight is 416 g/mol. The van der Waals surface area contributed by atoms with Crippen LogP contribution in [0.15, 0.2) is 78.9 Å². The van der Waals surface area contributed by atoms with Gasteiger partial charge in [0, 0.05) is 31.1 Å². The van der Waals surface area contributed by atoms with E-state index in [0.717, 1.165) is 16.7 Å². The molecule has 0 aromatic heterocycles. The summed E-state index contributed by atoms with van der Waals surface area (Å²) in [5, 5.41) is 2.97. The highest BCUT2D eigenvalue weighted by Crippen LogP contribution is 2.34. The van der Waals surface area contributed by atoms with E-state index in [9.17, 15) is 14.0 Å². The Kier molecular flexibility index (Phi) is 6.12. The quantitative estimate of drug-likeness (QED) is 0.674. The van der Waals surface area contributed by atoms with Crippen molar-refractivity contribution in [3.63, 3.8) is 0 Å². The SMILES string of the molecule is Cc1ccccc1C(=O)N1CC(C(=O)NCc2ccc(F)cc2)C(c2ccccc2)C1. The number of likely N-dealkylation sites (tertiary alicyclic amines) is 1. The van der Waals surface area contributed by atoms with Crippen LogP contribution in [0.2, 0.25) is 0 Å². The molecule has 1 aliphatic rings. The summed E-state index contributed by atoms with van der Waals surface area (Å²) >= 11 is 0. The highest BCUT2D eigenvalue weighted by atomic mass is 19.1. The molecule has 0 aliphatic carbocycles. The molecule has 1 heterocycles. The van der Waals surface area contributed by atoms with Crippen molar-refractivity contribution in [2.75, 3.05) is 13.1 Å². The molecule has 0 spiro atoms. The lowest BCUT2D eigenvalue weighted by atomic mass is 9.88. The molecule has 3 aromatic rings. The maximum atomic E-state index is 13.2. The summed E-state index contributed by atoms with van der Waals surface area (Å²) < 4.78 is 13.1. The Morgan fingerprint density at radius 3 is 2.32 bits per heavy atom. The van der Waals surface area contributed by atoms with Crippen molar-refractivity contribution in [3.8, 4) is 0 Å². The van der Waals surface area contributed by atoms with E-state index < -0.39 is 0 Å². The number of rotatable bonds is 5. The molecular weight excluding hydrogens is 391 g/mol. The molecule has 4 rings (SSSR count). The van der Waals surface area contributed by atoms with Crippen LogP contribution < -0.4 is 5.32 Å². The van der Waals surface area contributed by atoms with Crippen LogP contribution in [0.1, 0.15) is 33.0 Å². The molecule has 4 nitrogen and oxygen atoms in total. The van der Waals surface area contributed by atoms with Crippen LogP contribution in [0.4, 0.5) is 4.39 Å². The lowest BCUT2D eigenvalue weighted by Gasteiger charge is -2.18. The molecule has 1 saturated heterocycles. The summed E-state index contributed by atoms with van der Waals surface area (Å²) in [6.45, 7) is 3.10. The summed E-state index contributed by atoms with van der Waals surface area (Å²) in [6.07, 6.45) is 0. The lowest BCUT2D eigenvalue weighted by molar-refractivity contribution is -0.125. The van der Waals surface area contributed by atoms with E-state index in [1.165, 1.54) is 12.1 Å². The number of halogens is 1. The Hall–Kier alpha value is -3.47. The monoisotopic (exact) mass is 416 g/mol. The largest absolute Gasteiger partial charge is 0.352 e. The molecule has 0 bridgehead atoms. The van der Waals surface area contributed by atoms with Gasteiger partial charge in [0.1, 0.15) is 5.82 Å². The molecule has 31 heavy (non-hydrogen) atoms. The number of carbonyl (C=O) groups excluding carboxylic acids is 2. The first kappa shape index (κ1) is 20.8. The minimum absolute atomic E-state index is 0.0483. The van der Waals surface area contributed by atoms with Crippen LogP contribution in [0.25, 0.3) is 0 Å². The number of amides is 2. The minimum Gasteiger partial charge on any atom is -0.352 e. The maximum absolute atomic E-state index is 13.2. The second-order valence-corrected chi connectivity index (χ2v) is 7.99. The predicted molar refractivity (Wildman–Crippen MR) is 118 cm³/mol. The van der Waals surface area contributed by atoms with E-state index in [1.807, 2.05) is 61.5 Å². The van der Waals surface area contributed by atoms with Crippen LogP contribution in [-0.2, 0) is 11.3 Å². The van der Waals surface area contributed by atoms with E-state index in [4.69, 9.17) is 0 Å². The van der Waals surface area contributed by atoms with Crippen molar-refractivity contribution < 1.29 is 14.0 Å². The fourth-order valence-electron chi connectivity index (χ4n) is 4.18. The van der Waals surface area contributed by atoms with Crippen molar-refractivity contribution in [1.29, 1.82) is 0 Å². The molecule has 1 aliphatic heterocycles. The summed E-state index contributed by atoms with van der Waals surface area (Å²) in [6, 6.07) is 23.5. The number of benzene rings is 3. The fraction of sp³-hybridized carbons (Fsp3) is 0.231. The van der Waals surface area contributed by atoms with Gasteiger partial charge >= 0.3 is 0 Å². The molecule has 3 aromatic carbocycles. The lowest BCUT2D eigenvalue weighted by Crippen LogP contribution is -2.35. The van der Waals surface area contributed by atoms with Gasteiger partial charge in [0.15, 0.2) is 0 Å². The van der Waals surface area contributed by atoms with Gasteiger partial charge in [-0.3, -0.25) is 9.59 Å². The normalized spacial score (nSPS) is 18.1. The first-order chi connectivity index (χ1) is 15.0. The van der Waals surface area contributed by atoms with Gasteiger partial charge in [-0.2, -0.15) is 0 Å². The zero-order valence-electron chi connectivity index (χ0n) is 17.4. The van der Waals surface area contributed by atoms with Crippen LogP contribution >= 0.6 is 0 Å². The van der Waals surface area contributed by atoms with Gasteiger partial charge in [0.25, 0.3) is 5.91 Å². The van der Waals surface area contributed by atoms with Crippen molar-refractivity contribution in [1.82, 2.24) is 10.2 Å². The van der Waals surface area contributed by atoms with Crippen molar-refractivity contribution in [2.45, 2.75) is 19.4 Å².